The van der Waals surface area contributed by atoms with E-state index < -0.39 is 18.7 Å². The van der Waals surface area contributed by atoms with Crippen LogP contribution in [0, 0.1) is 0 Å². The van der Waals surface area contributed by atoms with Crippen LogP contribution in [0.25, 0.3) is 0 Å². The first-order chi connectivity index (χ1) is 5.56. The highest BCUT2D eigenvalue weighted by Crippen LogP contribution is 2.04. The van der Waals surface area contributed by atoms with Gasteiger partial charge in [-0.1, -0.05) is 0 Å². The van der Waals surface area contributed by atoms with Crippen molar-refractivity contribution >= 4 is 31.2 Å². The van der Waals surface area contributed by atoms with Crippen molar-refractivity contribution in [1.82, 2.24) is 0 Å². The summed E-state index contributed by atoms with van der Waals surface area (Å²) >= 11 is 7.44. The first-order valence-electron chi connectivity index (χ1n) is 3.11. The number of esters is 1. The van der Waals surface area contributed by atoms with Gasteiger partial charge in [-0.05, 0) is 0 Å². The van der Waals surface area contributed by atoms with Gasteiger partial charge in [-0.25, -0.2) is 4.79 Å². The molecule has 6 heteroatoms. The van der Waals surface area contributed by atoms with Crippen LogP contribution in [0.2, 0.25) is 0 Å². The zero-order chi connectivity index (χ0) is 9.56. The van der Waals surface area contributed by atoms with Crippen molar-refractivity contribution in [2.45, 2.75) is 6.10 Å². The second-order valence-corrected chi connectivity index (χ2v) is 3.29. The maximum absolute atomic E-state index is 10.7. The summed E-state index contributed by atoms with van der Waals surface area (Å²) in [5.74, 6) is -0.650. The van der Waals surface area contributed by atoms with Crippen LogP contribution in [0.15, 0.2) is 10.3 Å². The number of aliphatic hydroxyl groups excluding tert-OH is 2. The third-order valence-electron chi connectivity index (χ3n) is 0.876. The SMILES string of the molecule is O=C(C=C(S)S)OCC(O)CO. The highest BCUT2D eigenvalue weighted by Gasteiger charge is 2.04. The van der Waals surface area contributed by atoms with Gasteiger partial charge in [-0.3, -0.25) is 0 Å². The third kappa shape index (κ3) is 6.53. The molecule has 12 heavy (non-hydrogen) atoms. The Hall–Kier alpha value is -0.170. The monoisotopic (exact) mass is 210 g/mol. The number of rotatable bonds is 4. The van der Waals surface area contributed by atoms with Crippen LogP contribution in [0.3, 0.4) is 0 Å². The second-order valence-electron chi connectivity index (χ2n) is 1.97. The van der Waals surface area contributed by atoms with Crippen LogP contribution in [-0.2, 0) is 9.53 Å². The van der Waals surface area contributed by atoms with Crippen molar-refractivity contribution in [3.63, 3.8) is 0 Å². The molecular weight excluding hydrogens is 200 g/mol. The van der Waals surface area contributed by atoms with Crippen molar-refractivity contribution in [2.24, 2.45) is 0 Å². The molecule has 0 aliphatic rings. The van der Waals surface area contributed by atoms with Gasteiger partial charge in [0.15, 0.2) is 0 Å². The molecule has 4 nitrogen and oxygen atoms in total. The molecule has 0 heterocycles. The predicted octanol–water partition coefficient (Wildman–Crippen LogP) is -0.416. The minimum Gasteiger partial charge on any atom is -0.460 e. The lowest BCUT2D eigenvalue weighted by atomic mass is 10.4. The van der Waals surface area contributed by atoms with Crippen molar-refractivity contribution < 1.29 is 19.7 Å². The van der Waals surface area contributed by atoms with Crippen LogP contribution in [0.1, 0.15) is 0 Å². The first kappa shape index (κ1) is 11.8. The van der Waals surface area contributed by atoms with E-state index >= 15 is 0 Å². The molecular formula is C6H10O4S2. The lowest BCUT2D eigenvalue weighted by Crippen LogP contribution is -2.21. The summed E-state index contributed by atoms with van der Waals surface area (Å²) in [6.45, 7) is -0.674. The molecule has 0 spiro atoms. The predicted molar refractivity (Wildman–Crippen MR) is 50.1 cm³/mol. The van der Waals surface area contributed by atoms with Gasteiger partial charge in [0.2, 0.25) is 0 Å². The number of ether oxygens (including phenoxy) is 1. The van der Waals surface area contributed by atoms with Crippen LogP contribution in [0.5, 0.6) is 0 Å². The molecule has 70 valence electrons. The number of hydrogen-bond donors (Lipinski definition) is 4. The van der Waals surface area contributed by atoms with E-state index in [4.69, 9.17) is 10.2 Å². The zero-order valence-corrected chi connectivity index (χ0v) is 7.96. The molecule has 0 aromatic rings. The Morgan fingerprint density at radius 3 is 2.58 bits per heavy atom. The molecule has 1 unspecified atom stereocenters. The minimum absolute atomic E-state index is 0.221. The van der Waals surface area contributed by atoms with Crippen molar-refractivity contribution in [3.8, 4) is 0 Å². The number of hydrogen-bond acceptors (Lipinski definition) is 6. The lowest BCUT2D eigenvalue weighted by molar-refractivity contribution is -0.141. The molecule has 0 aromatic carbocycles. The van der Waals surface area contributed by atoms with Crippen molar-refractivity contribution in [2.75, 3.05) is 13.2 Å². The quantitative estimate of drug-likeness (QED) is 0.289. The van der Waals surface area contributed by atoms with Crippen LogP contribution < -0.4 is 0 Å². The largest absolute Gasteiger partial charge is 0.460 e. The molecule has 0 saturated heterocycles. The van der Waals surface area contributed by atoms with E-state index in [0.29, 0.717) is 0 Å². The van der Waals surface area contributed by atoms with E-state index in [1.165, 1.54) is 0 Å². The van der Waals surface area contributed by atoms with Gasteiger partial charge in [0, 0.05) is 10.3 Å². The van der Waals surface area contributed by atoms with Gasteiger partial charge >= 0.3 is 5.97 Å². The molecule has 1 atom stereocenters. The molecule has 2 N–H and O–H groups in total. The molecule has 0 rings (SSSR count). The summed E-state index contributed by atoms with van der Waals surface area (Å²) < 4.78 is 4.70. The van der Waals surface area contributed by atoms with Gasteiger partial charge in [0.25, 0.3) is 0 Å². The van der Waals surface area contributed by atoms with Gasteiger partial charge < -0.3 is 14.9 Å². The maximum Gasteiger partial charge on any atom is 0.332 e. The summed E-state index contributed by atoms with van der Waals surface area (Å²) in [6.07, 6.45) is 0.0155. The van der Waals surface area contributed by atoms with Gasteiger partial charge in [0.1, 0.15) is 12.7 Å². The Labute approximate surface area is 81.0 Å². The molecule has 0 amide bonds. The normalized spacial score (nSPS) is 12.0. The fourth-order valence-electron chi connectivity index (χ4n) is 0.378. The van der Waals surface area contributed by atoms with E-state index in [2.05, 4.69) is 30.0 Å². The average Bonchev–Trinajstić information content (AvgIpc) is 1.99. The minimum atomic E-state index is -1.04. The van der Waals surface area contributed by atoms with Crippen LogP contribution >= 0.6 is 25.3 Å². The smallest absolute Gasteiger partial charge is 0.332 e. The zero-order valence-electron chi connectivity index (χ0n) is 6.17. The Kier molecular flexibility index (Phi) is 6.27. The maximum atomic E-state index is 10.7. The van der Waals surface area contributed by atoms with E-state index in [1.807, 2.05) is 0 Å². The molecule has 0 fully saturated rings. The van der Waals surface area contributed by atoms with Gasteiger partial charge in [-0.2, -0.15) is 0 Å². The number of carbonyl (C=O) groups excluding carboxylic acids is 1. The molecule has 0 saturated carbocycles. The average molecular weight is 210 g/mol. The number of thiol groups is 2. The van der Waals surface area contributed by atoms with E-state index in [1.54, 1.807) is 0 Å². The van der Waals surface area contributed by atoms with E-state index in [9.17, 15) is 4.79 Å². The van der Waals surface area contributed by atoms with E-state index in [-0.39, 0.29) is 10.8 Å². The lowest BCUT2D eigenvalue weighted by Gasteiger charge is -2.05. The van der Waals surface area contributed by atoms with Crippen LogP contribution in [0.4, 0.5) is 0 Å². The van der Waals surface area contributed by atoms with E-state index in [0.717, 1.165) is 6.08 Å². The highest BCUT2D eigenvalue weighted by atomic mass is 32.2. The Balaban J connectivity index is 3.65. The standard InChI is InChI=1S/C6H10O4S2/c7-2-4(8)3-10-5(9)1-6(11)12/h1,4,7-8,11-12H,2-3H2. The van der Waals surface area contributed by atoms with Gasteiger partial charge in [-0.15, -0.1) is 25.3 Å². The summed E-state index contributed by atoms with van der Waals surface area (Å²) in [7, 11) is 0. The Morgan fingerprint density at radius 1 is 1.58 bits per heavy atom. The molecule has 0 aliphatic carbocycles. The third-order valence-corrected chi connectivity index (χ3v) is 1.13. The highest BCUT2D eigenvalue weighted by molar-refractivity contribution is 8.05. The molecule has 0 aromatic heterocycles. The summed E-state index contributed by atoms with van der Waals surface area (Å²) in [5, 5.41) is 17.1. The summed E-state index contributed by atoms with van der Waals surface area (Å²) in [5.41, 5.74) is 0. The fourth-order valence-corrected chi connectivity index (χ4v) is 0.589. The topological polar surface area (TPSA) is 66.8 Å². The number of carbonyl (C=O) groups is 1. The summed E-state index contributed by atoms with van der Waals surface area (Å²) in [6, 6.07) is 0. The molecule has 0 bridgehead atoms. The summed E-state index contributed by atoms with van der Waals surface area (Å²) in [4.78, 5) is 10.7. The molecule has 0 radical (unpaired) electrons. The fraction of sp³-hybridized carbons (Fsp3) is 0.500. The molecule has 0 aliphatic heterocycles. The second kappa shape index (κ2) is 6.36. The Morgan fingerprint density at radius 2 is 2.17 bits per heavy atom. The van der Waals surface area contributed by atoms with Crippen molar-refractivity contribution in [3.05, 3.63) is 10.3 Å². The van der Waals surface area contributed by atoms with Gasteiger partial charge in [0.05, 0.1) is 6.61 Å². The van der Waals surface area contributed by atoms with Crippen molar-refractivity contribution in [1.29, 1.82) is 0 Å². The number of aliphatic hydroxyl groups is 2. The van der Waals surface area contributed by atoms with Crippen LogP contribution in [-0.4, -0.2) is 35.5 Å². The first-order valence-corrected chi connectivity index (χ1v) is 4.01. The Bertz CT molecular complexity index is 176.